The molecule has 19 heavy (non-hydrogen) atoms. The van der Waals surface area contributed by atoms with Gasteiger partial charge in [0.25, 0.3) is 0 Å². The van der Waals surface area contributed by atoms with E-state index in [-0.39, 0.29) is 0 Å². The Labute approximate surface area is 107 Å². The molecule has 3 aromatic rings. The molecule has 6 heteroatoms. The van der Waals surface area contributed by atoms with E-state index in [4.69, 9.17) is 5.73 Å². The summed E-state index contributed by atoms with van der Waals surface area (Å²) in [7, 11) is 0. The summed E-state index contributed by atoms with van der Waals surface area (Å²) in [6, 6.07) is 9.17. The first-order valence-corrected chi connectivity index (χ1v) is 5.59. The molecule has 0 radical (unpaired) electrons. The number of halogens is 2. The van der Waals surface area contributed by atoms with Gasteiger partial charge >= 0.3 is 0 Å². The van der Waals surface area contributed by atoms with Gasteiger partial charge < -0.3 is 16.0 Å². The lowest BCUT2D eigenvalue weighted by atomic mass is 10.3. The lowest BCUT2D eigenvalue weighted by Crippen LogP contribution is -1.92. The maximum Gasteiger partial charge on any atom is 0.205 e. The van der Waals surface area contributed by atoms with Crippen LogP contribution in [0.1, 0.15) is 0 Å². The number of imidazole rings is 1. The van der Waals surface area contributed by atoms with Crippen LogP contribution in [0.25, 0.3) is 11.0 Å². The summed E-state index contributed by atoms with van der Waals surface area (Å²) in [5.74, 6) is -1.42. The number of fused-ring (bicyclic) bond motifs is 1. The van der Waals surface area contributed by atoms with Crippen LogP contribution in [0.2, 0.25) is 0 Å². The quantitative estimate of drug-likeness (QED) is 0.620. The van der Waals surface area contributed by atoms with E-state index in [9.17, 15) is 8.78 Å². The van der Waals surface area contributed by atoms with Gasteiger partial charge in [-0.15, -0.1) is 0 Å². The third-order valence-electron chi connectivity index (χ3n) is 2.70. The third kappa shape index (κ3) is 2.20. The lowest BCUT2D eigenvalue weighted by Gasteiger charge is -2.02. The van der Waals surface area contributed by atoms with Gasteiger partial charge in [0.15, 0.2) is 11.6 Å². The molecule has 2 aromatic carbocycles. The summed E-state index contributed by atoms with van der Waals surface area (Å²) in [4.78, 5) is 6.99. The molecule has 4 nitrogen and oxygen atoms in total. The maximum atomic E-state index is 13.1. The number of hydrogen-bond donors (Lipinski definition) is 3. The molecular formula is C13H10F2N4. The van der Waals surface area contributed by atoms with Gasteiger partial charge in [0.1, 0.15) is 0 Å². The number of nitrogens with two attached hydrogens (primary N) is 1. The largest absolute Gasteiger partial charge is 0.399 e. The van der Waals surface area contributed by atoms with E-state index in [0.717, 1.165) is 17.8 Å². The minimum absolute atomic E-state index is 0.358. The van der Waals surface area contributed by atoms with E-state index < -0.39 is 11.6 Å². The van der Waals surface area contributed by atoms with E-state index >= 15 is 0 Å². The summed E-state index contributed by atoms with van der Waals surface area (Å²) >= 11 is 0. The molecule has 0 spiro atoms. The molecule has 0 saturated carbocycles. The first kappa shape index (κ1) is 11.5. The van der Waals surface area contributed by atoms with Crippen LogP contribution in [0.15, 0.2) is 36.4 Å². The van der Waals surface area contributed by atoms with E-state index in [1.165, 1.54) is 0 Å². The number of anilines is 3. The Morgan fingerprint density at radius 3 is 2.47 bits per heavy atom. The van der Waals surface area contributed by atoms with Gasteiger partial charge in [-0.3, -0.25) is 0 Å². The predicted molar refractivity (Wildman–Crippen MR) is 70.1 cm³/mol. The van der Waals surface area contributed by atoms with Crippen LogP contribution in [-0.2, 0) is 0 Å². The zero-order valence-electron chi connectivity index (χ0n) is 9.74. The fourth-order valence-electron chi connectivity index (χ4n) is 1.77. The second-order valence-corrected chi connectivity index (χ2v) is 4.12. The van der Waals surface area contributed by atoms with Crippen LogP contribution in [0, 0.1) is 11.6 Å². The number of nitrogen functional groups attached to an aromatic ring is 1. The predicted octanol–water partition coefficient (Wildman–Crippen LogP) is 3.17. The molecule has 1 aromatic heterocycles. The third-order valence-corrected chi connectivity index (χ3v) is 2.70. The van der Waals surface area contributed by atoms with Gasteiger partial charge in [0.2, 0.25) is 5.95 Å². The molecule has 4 N–H and O–H groups in total. The number of aromatic nitrogens is 2. The molecule has 0 aliphatic heterocycles. The lowest BCUT2D eigenvalue weighted by molar-refractivity contribution is 0.510. The van der Waals surface area contributed by atoms with Gasteiger partial charge in [0.05, 0.1) is 11.0 Å². The van der Waals surface area contributed by atoms with E-state index in [2.05, 4.69) is 15.3 Å². The van der Waals surface area contributed by atoms with Crippen molar-refractivity contribution < 1.29 is 8.78 Å². The van der Waals surface area contributed by atoms with Gasteiger partial charge in [-0.05, 0) is 24.3 Å². The van der Waals surface area contributed by atoms with Crippen LogP contribution in [0.5, 0.6) is 0 Å². The maximum absolute atomic E-state index is 13.1. The molecule has 0 unspecified atom stereocenters. The van der Waals surface area contributed by atoms with Crippen molar-refractivity contribution >= 4 is 28.4 Å². The molecule has 0 saturated heterocycles. The molecule has 0 aliphatic carbocycles. The van der Waals surface area contributed by atoms with E-state index in [0.29, 0.717) is 22.7 Å². The number of benzene rings is 2. The normalized spacial score (nSPS) is 10.8. The zero-order valence-corrected chi connectivity index (χ0v) is 9.74. The molecule has 96 valence electrons. The molecule has 3 rings (SSSR count). The summed E-state index contributed by atoms with van der Waals surface area (Å²) in [6.45, 7) is 0. The second-order valence-electron chi connectivity index (χ2n) is 4.12. The topological polar surface area (TPSA) is 66.7 Å². The van der Waals surface area contributed by atoms with Gasteiger partial charge in [0, 0.05) is 23.5 Å². The number of hydrogen-bond acceptors (Lipinski definition) is 3. The Bertz CT molecular complexity index is 695. The highest BCUT2D eigenvalue weighted by atomic mass is 19.2. The van der Waals surface area contributed by atoms with E-state index in [1.54, 1.807) is 24.3 Å². The number of aromatic amines is 1. The highest BCUT2D eigenvalue weighted by Gasteiger charge is 2.08. The van der Waals surface area contributed by atoms with Crippen LogP contribution < -0.4 is 11.1 Å². The second kappa shape index (κ2) is 4.24. The van der Waals surface area contributed by atoms with Crippen LogP contribution in [0.3, 0.4) is 0 Å². The van der Waals surface area contributed by atoms with Crippen molar-refractivity contribution in [2.75, 3.05) is 11.1 Å². The minimum Gasteiger partial charge on any atom is -0.399 e. The highest BCUT2D eigenvalue weighted by molar-refractivity contribution is 5.78. The Hall–Kier alpha value is -2.63. The van der Waals surface area contributed by atoms with Gasteiger partial charge in [-0.2, -0.15) is 0 Å². The summed E-state index contributed by atoms with van der Waals surface area (Å²) in [5.41, 5.74) is 7.79. The van der Waals surface area contributed by atoms with Crippen molar-refractivity contribution in [3.8, 4) is 0 Å². The van der Waals surface area contributed by atoms with Crippen LogP contribution in [-0.4, -0.2) is 9.97 Å². The molecule has 0 atom stereocenters. The first-order chi connectivity index (χ1) is 9.11. The van der Waals surface area contributed by atoms with Crippen molar-refractivity contribution in [3.63, 3.8) is 0 Å². The molecule has 0 aliphatic rings. The first-order valence-electron chi connectivity index (χ1n) is 5.59. The number of nitrogens with zero attached hydrogens (tertiary/aromatic N) is 1. The van der Waals surface area contributed by atoms with Gasteiger partial charge in [-0.1, -0.05) is 0 Å². The Morgan fingerprint density at radius 2 is 1.74 bits per heavy atom. The molecule has 1 heterocycles. The fourth-order valence-corrected chi connectivity index (χ4v) is 1.77. The molecule has 0 amide bonds. The SMILES string of the molecule is Nc1ccc(Nc2nc3cc(F)c(F)cc3[nH]2)cc1. The van der Waals surface area contributed by atoms with Crippen LogP contribution in [0.4, 0.5) is 26.1 Å². The number of nitrogens with one attached hydrogen (secondary N) is 2. The Morgan fingerprint density at radius 1 is 1.05 bits per heavy atom. The van der Waals surface area contributed by atoms with Crippen molar-refractivity contribution in [3.05, 3.63) is 48.0 Å². The Balaban J connectivity index is 1.95. The Kier molecular flexibility index (Phi) is 2.56. The zero-order chi connectivity index (χ0) is 13.4. The number of rotatable bonds is 2. The van der Waals surface area contributed by atoms with Crippen molar-refractivity contribution in [1.82, 2.24) is 9.97 Å². The van der Waals surface area contributed by atoms with Gasteiger partial charge in [-0.25, -0.2) is 13.8 Å². The average Bonchev–Trinajstić information content (AvgIpc) is 2.74. The molecule has 0 bridgehead atoms. The fraction of sp³-hybridized carbons (Fsp3) is 0. The summed E-state index contributed by atoms with van der Waals surface area (Å²) in [6.07, 6.45) is 0. The monoisotopic (exact) mass is 260 g/mol. The summed E-state index contributed by atoms with van der Waals surface area (Å²) in [5, 5.41) is 2.99. The van der Waals surface area contributed by atoms with Crippen molar-refractivity contribution in [2.24, 2.45) is 0 Å². The smallest absolute Gasteiger partial charge is 0.205 e. The molecule has 0 fully saturated rings. The van der Waals surface area contributed by atoms with E-state index in [1.807, 2.05) is 0 Å². The molecular weight excluding hydrogens is 250 g/mol. The van der Waals surface area contributed by atoms with Crippen molar-refractivity contribution in [2.45, 2.75) is 0 Å². The van der Waals surface area contributed by atoms with Crippen molar-refractivity contribution in [1.29, 1.82) is 0 Å². The summed E-state index contributed by atoms with van der Waals surface area (Å²) < 4.78 is 26.1. The average molecular weight is 260 g/mol. The highest BCUT2D eigenvalue weighted by Crippen LogP contribution is 2.21. The number of H-pyrrole nitrogens is 1. The minimum atomic E-state index is -0.918. The standard InChI is InChI=1S/C13H10F2N4/c14-9-5-11-12(6-10(9)15)19-13(18-11)17-8-3-1-7(16)2-4-8/h1-6H,16H2,(H2,17,18,19). The van der Waals surface area contributed by atoms with Crippen LogP contribution >= 0.6 is 0 Å².